The molecule has 1 aromatic heterocycles. The number of hydrogen-bond donors (Lipinski definition) is 2. The zero-order valence-corrected chi connectivity index (χ0v) is 13.9. The topological polar surface area (TPSA) is 74.5 Å². The Morgan fingerprint density at radius 2 is 2.05 bits per heavy atom. The second-order valence-corrected chi connectivity index (χ2v) is 6.73. The number of amides is 1. The van der Waals surface area contributed by atoms with Crippen LogP contribution in [-0.2, 0) is 0 Å². The first kappa shape index (κ1) is 16.0. The lowest BCUT2D eigenvalue weighted by Crippen LogP contribution is -2.48. The lowest BCUT2D eigenvalue weighted by atomic mass is 10.2. The fraction of sp³-hybridized carbons (Fsp3) is 0.714. The normalized spacial score (nSPS) is 16.5. The molecular formula is C14H25N5OS. The monoisotopic (exact) mass is 311 g/mol. The maximum Gasteiger partial charge on any atom is 0.267 e. The van der Waals surface area contributed by atoms with Gasteiger partial charge in [-0.05, 0) is 12.5 Å². The molecule has 1 aliphatic heterocycles. The van der Waals surface area contributed by atoms with Gasteiger partial charge in [0.2, 0.25) is 0 Å². The van der Waals surface area contributed by atoms with Gasteiger partial charge in [0, 0.05) is 32.7 Å². The lowest BCUT2D eigenvalue weighted by Gasteiger charge is -2.33. The summed E-state index contributed by atoms with van der Waals surface area (Å²) in [7, 11) is 0. The number of likely N-dealkylation sites (N-methyl/N-ethyl adjacent to an activating group) is 1. The van der Waals surface area contributed by atoms with Crippen LogP contribution in [0.15, 0.2) is 0 Å². The van der Waals surface area contributed by atoms with E-state index in [1.807, 2.05) is 4.90 Å². The molecule has 0 aliphatic carbocycles. The van der Waals surface area contributed by atoms with Crippen LogP contribution in [0.2, 0.25) is 0 Å². The highest BCUT2D eigenvalue weighted by Gasteiger charge is 2.25. The van der Waals surface area contributed by atoms with E-state index >= 15 is 0 Å². The maximum atomic E-state index is 12.5. The zero-order chi connectivity index (χ0) is 15.4. The summed E-state index contributed by atoms with van der Waals surface area (Å²) in [6.07, 6.45) is 0. The third kappa shape index (κ3) is 4.07. The Morgan fingerprint density at radius 1 is 1.38 bits per heavy atom. The van der Waals surface area contributed by atoms with Crippen molar-refractivity contribution in [3.63, 3.8) is 0 Å². The number of nitrogens with two attached hydrogens (primary N) is 1. The van der Waals surface area contributed by atoms with E-state index < -0.39 is 0 Å². The first-order valence-electron chi connectivity index (χ1n) is 7.53. The van der Waals surface area contributed by atoms with Crippen molar-refractivity contribution in [1.29, 1.82) is 0 Å². The van der Waals surface area contributed by atoms with Crippen molar-refractivity contribution in [2.24, 2.45) is 5.92 Å². The molecule has 118 valence electrons. The van der Waals surface area contributed by atoms with Gasteiger partial charge in [-0.3, -0.25) is 4.79 Å². The summed E-state index contributed by atoms with van der Waals surface area (Å²) in [5.74, 6) is 0.879. The van der Waals surface area contributed by atoms with Gasteiger partial charge in [0.05, 0.1) is 0 Å². The average Bonchev–Trinajstić information content (AvgIpc) is 2.85. The third-order valence-electron chi connectivity index (χ3n) is 3.62. The standard InChI is InChI=1S/C14H25N5OS/c1-4-18-5-7-19(8-6-18)13(20)11-12(15)17-14(21-11)16-9-10(2)3/h10H,4-9,15H2,1-3H3,(H,16,17). The largest absolute Gasteiger partial charge is 0.382 e. The van der Waals surface area contributed by atoms with E-state index in [9.17, 15) is 4.79 Å². The molecule has 0 aromatic carbocycles. The molecule has 0 spiro atoms. The molecule has 1 aliphatic rings. The Morgan fingerprint density at radius 3 is 2.62 bits per heavy atom. The van der Waals surface area contributed by atoms with Crippen LogP contribution in [0.5, 0.6) is 0 Å². The van der Waals surface area contributed by atoms with Crippen molar-refractivity contribution in [2.45, 2.75) is 20.8 Å². The Kier molecular flexibility index (Phi) is 5.41. The highest BCUT2D eigenvalue weighted by Crippen LogP contribution is 2.26. The summed E-state index contributed by atoms with van der Waals surface area (Å²) >= 11 is 1.36. The lowest BCUT2D eigenvalue weighted by molar-refractivity contribution is 0.0649. The van der Waals surface area contributed by atoms with Crippen molar-refractivity contribution in [2.75, 3.05) is 50.3 Å². The number of aromatic nitrogens is 1. The Bertz CT molecular complexity index is 480. The second kappa shape index (κ2) is 7.09. The Labute approximate surface area is 130 Å². The molecule has 1 saturated heterocycles. The van der Waals surface area contributed by atoms with E-state index in [-0.39, 0.29) is 5.91 Å². The van der Waals surface area contributed by atoms with E-state index in [1.54, 1.807) is 0 Å². The van der Waals surface area contributed by atoms with Gasteiger partial charge < -0.3 is 20.9 Å². The number of carbonyl (C=O) groups is 1. The third-order valence-corrected chi connectivity index (χ3v) is 4.63. The molecule has 2 rings (SSSR count). The molecule has 0 radical (unpaired) electrons. The molecule has 7 heteroatoms. The van der Waals surface area contributed by atoms with Crippen LogP contribution in [0.1, 0.15) is 30.4 Å². The number of nitrogens with zero attached hydrogens (tertiary/aromatic N) is 3. The fourth-order valence-corrected chi connectivity index (χ4v) is 3.12. The number of thiazole rings is 1. The van der Waals surface area contributed by atoms with Gasteiger partial charge in [-0.15, -0.1) is 0 Å². The minimum absolute atomic E-state index is 0.0124. The summed E-state index contributed by atoms with van der Waals surface area (Å²) in [6.45, 7) is 11.7. The number of hydrogen-bond acceptors (Lipinski definition) is 6. The van der Waals surface area contributed by atoms with Crippen molar-refractivity contribution >= 4 is 28.2 Å². The molecule has 0 unspecified atom stereocenters. The van der Waals surface area contributed by atoms with E-state index in [2.05, 4.69) is 36.0 Å². The minimum Gasteiger partial charge on any atom is -0.382 e. The van der Waals surface area contributed by atoms with E-state index in [0.29, 0.717) is 16.6 Å². The van der Waals surface area contributed by atoms with Crippen LogP contribution in [0.25, 0.3) is 0 Å². The summed E-state index contributed by atoms with van der Waals surface area (Å²) in [5, 5.41) is 3.96. The number of carbonyl (C=O) groups excluding carboxylic acids is 1. The quantitative estimate of drug-likeness (QED) is 0.863. The summed E-state index contributed by atoms with van der Waals surface area (Å²) < 4.78 is 0. The van der Waals surface area contributed by atoms with Gasteiger partial charge in [0.1, 0.15) is 10.7 Å². The maximum absolute atomic E-state index is 12.5. The van der Waals surface area contributed by atoms with E-state index in [0.717, 1.165) is 44.4 Å². The average molecular weight is 311 g/mol. The number of anilines is 2. The number of nitrogens with one attached hydrogen (secondary N) is 1. The SMILES string of the molecule is CCN1CCN(C(=O)c2sc(NCC(C)C)nc2N)CC1. The zero-order valence-electron chi connectivity index (χ0n) is 13.1. The van der Waals surface area contributed by atoms with Crippen molar-refractivity contribution in [3.05, 3.63) is 4.88 Å². The Hall–Kier alpha value is -1.34. The smallest absolute Gasteiger partial charge is 0.267 e. The van der Waals surface area contributed by atoms with Gasteiger partial charge in [0.25, 0.3) is 5.91 Å². The van der Waals surface area contributed by atoms with Crippen LogP contribution in [0.4, 0.5) is 10.9 Å². The number of nitrogen functional groups attached to an aromatic ring is 1. The first-order chi connectivity index (χ1) is 10.0. The molecule has 0 bridgehead atoms. The molecule has 1 aromatic rings. The fourth-order valence-electron chi connectivity index (χ4n) is 2.26. The van der Waals surface area contributed by atoms with Gasteiger partial charge in [-0.2, -0.15) is 0 Å². The van der Waals surface area contributed by atoms with Crippen LogP contribution >= 0.6 is 11.3 Å². The summed E-state index contributed by atoms with van der Waals surface area (Å²) in [5.41, 5.74) is 5.91. The van der Waals surface area contributed by atoms with Crippen LogP contribution < -0.4 is 11.1 Å². The second-order valence-electron chi connectivity index (χ2n) is 5.73. The number of piperazine rings is 1. The van der Waals surface area contributed by atoms with Gasteiger partial charge in [-0.25, -0.2) is 4.98 Å². The summed E-state index contributed by atoms with van der Waals surface area (Å²) in [6, 6.07) is 0. The molecule has 1 fully saturated rings. The van der Waals surface area contributed by atoms with Crippen molar-refractivity contribution in [3.8, 4) is 0 Å². The van der Waals surface area contributed by atoms with Crippen LogP contribution in [0.3, 0.4) is 0 Å². The summed E-state index contributed by atoms with van der Waals surface area (Å²) in [4.78, 5) is 21.6. The predicted molar refractivity (Wildman–Crippen MR) is 87.9 cm³/mol. The van der Waals surface area contributed by atoms with E-state index in [1.165, 1.54) is 11.3 Å². The highest BCUT2D eigenvalue weighted by atomic mass is 32.1. The minimum atomic E-state index is 0.0124. The molecule has 1 amide bonds. The molecular weight excluding hydrogens is 286 g/mol. The van der Waals surface area contributed by atoms with Gasteiger partial charge in [0.15, 0.2) is 5.13 Å². The van der Waals surface area contributed by atoms with Crippen LogP contribution in [0, 0.1) is 5.92 Å². The molecule has 0 atom stereocenters. The molecule has 21 heavy (non-hydrogen) atoms. The van der Waals surface area contributed by atoms with Crippen molar-refractivity contribution in [1.82, 2.24) is 14.8 Å². The van der Waals surface area contributed by atoms with Crippen molar-refractivity contribution < 1.29 is 4.79 Å². The van der Waals surface area contributed by atoms with Gasteiger partial charge in [-0.1, -0.05) is 32.1 Å². The molecule has 2 heterocycles. The highest BCUT2D eigenvalue weighted by molar-refractivity contribution is 7.18. The first-order valence-corrected chi connectivity index (χ1v) is 8.34. The predicted octanol–water partition coefficient (Wildman–Crippen LogP) is 1.57. The van der Waals surface area contributed by atoms with Crippen LogP contribution in [-0.4, -0.2) is 60.0 Å². The molecule has 6 nitrogen and oxygen atoms in total. The van der Waals surface area contributed by atoms with E-state index in [4.69, 9.17) is 5.73 Å². The Balaban J connectivity index is 1.99. The van der Waals surface area contributed by atoms with Gasteiger partial charge >= 0.3 is 0 Å². The molecule has 3 N–H and O–H groups in total. The molecule has 0 saturated carbocycles. The number of rotatable bonds is 5.